The molecule has 0 saturated heterocycles. The lowest BCUT2D eigenvalue weighted by Gasteiger charge is -2.17. The zero-order valence-electron chi connectivity index (χ0n) is 10.7. The van der Waals surface area contributed by atoms with Gasteiger partial charge in [-0.3, -0.25) is 11.3 Å². The Labute approximate surface area is 137 Å². The first-order valence-electron chi connectivity index (χ1n) is 6.23. The minimum atomic E-state index is 0.104. The van der Waals surface area contributed by atoms with Gasteiger partial charge in [-0.15, -0.1) is 0 Å². The monoisotopic (exact) mass is 372 g/mol. The molecule has 0 saturated carbocycles. The van der Waals surface area contributed by atoms with Crippen LogP contribution >= 0.6 is 39.1 Å². The van der Waals surface area contributed by atoms with Gasteiger partial charge in [0.05, 0.1) is 0 Å². The number of nitrogens with one attached hydrogen (secondary N) is 1. The van der Waals surface area contributed by atoms with Gasteiger partial charge in [-0.1, -0.05) is 51.3 Å². The molecule has 0 aliphatic carbocycles. The summed E-state index contributed by atoms with van der Waals surface area (Å²) in [5.41, 5.74) is 5.06. The number of rotatable bonds is 5. The predicted octanol–water partition coefficient (Wildman–Crippen LogP) is 4.37. The summed E-state index contributed by atoms with van der Waals surface area (Å²) >= 11 is 15.6. The normalized spacial score (nSPS) is 12.4. The van der Waals surface area contributed by atoms with E-state index in [0.717, 1.165) is 22.9 Å². The molecular formula is C15H15BrCl2N2. The number of benzene rings is 2. The summed E-state index contributed by atoms with van der Waals surface area (Å²) in [5.74, 6) is 5.65. The first kappa shape index (κ1) is 15.8. The predicted molar refractivity (Wildman–Crippen MR) is 89.1 cm³/mol. The molecule has 0 fully saturated rings. The van der Waals surface area contributed by atoms with E-state index in [-0.39, 0.29) is 6.04 Å². The van der Waals surface area contributed by atoms with Crippen molar-refractivity contribution in [2.75, 3.05) is 0 Å². The fourth-order valence-corrected chi connectivity index (χ4v) is 2.71. The summed E-state index contributed by atoms with van der Waals surface area (Å²) < 4.78 is 1.07. The summed E-state index contributed by atoms with van der Waals surface area (Å²) in [7, 11) is 0. The maximum Gasteiger partial charge on any atom is 0.0439 e. The van der Waals surface area contributed by atoms with Crippen LogP contribution in [0, 0.1) is 0 Å². The van der Waals surface area contributed by atoms with Gasteiger partial charge in [-0.05, 0) is 54.3 Å². The first-order chi connectivity index (χ1) is 9.58. The third-order valence-corrected chi connectivity index (χ3v) is 4.24. The minimum absolute atomic E-state index is 0.104. The third-order valence-electron chi connectivity index (χ3n) is 3.11. The molecule has 0 amide bonds. The van der Waals surface area contributed by atoms with Gasteiger partial charge in [-0.25, -0.2) is 0 Å². The number of hydrazine groups is 1. The summed E-state index contributed by atoms with van der Waals surface area (Å²) in [5, 5.41) is 1.40. The third kappa shape index (κ3) is 4.47. The van der Waals surface area contributed by atoms with Crippen LogP contribution in [0.4, 0.5) is 0 Å². The van der Waals surface area contributed by atoms with Crippen molar-refractivity contribution >= 4 is 39.1 Å². The van der Waals surface area contributed by atoms with Crippen LogP contribution in [-0.4, -0.2) is 6.04 Å². The minimum Gasteiger partial charge on any atom is -0.271 e. The Morgan fingerprint density at radius 3 is 2.40 bits per heavy atom. The van der Waals surface area contributed by atoms with E-state index in [1.54, 1.807) is 6.07 Å². The standard InChI is InChI=1S/C15H15BrCl2N2/c16-12-3-1-10(2-4-12)7-14(20-19)9-11-8-13(17)5-6-15(11)18/h1-6,8,14,20H,7,9,19H2. The molecular weight excluding hydrogens is 359 g/mol. The van der Waals surface area contributed by atoms with E-state index >= 15 is 0 Å². The second-order valence-electron chi connectivity index (χ2n) is 4.63. The molecule has 3 N–H and O–H groups in total. The van der Waals surface area contributed by atoms with Crippen LogP contribution in [0.25, 0.3) is 0 Å². The molecule has 1 atom stereocenters. The molecule has 106 valence electrons. The Bertz CT molecular complexity index is 573. The van der Waals surface area contributed by atoms with Crippen molar-refractivity contribution in [2.45, 2.75) is 18.9 Å². The van der Waals surface area contributed by atoms with Gasteiger partial charge in [0.25, 0.3) is 0 Å². The van der Waals surface area contributed by atoms with Gasteiger partial charge in [-0.2, -0.15) is 0 Å². The van der Waals surface area contributed by atoms with Gasteiger partial charge in [0, 0.05) is 20.6 Å². The van der Waals surface area contributed by atoms with Gasteiger partial charge in [0.2, 0.25) is 0 Å². The van der Waals surface area contributed by atoms with Crippen molar-refractivity contribution in [1.29, 1.82) is 0 Å². The molecule has 1 unspecified atom stereocenters. The lowest BCUT2D eigenvalue weighted by Crippen LogP contribution is -2.38. The molecule has 0 aliphatic rings. The number of hydrogen-bond donors (Lipinski definition) is 2. The highest BCUT2D eigenvalue weighted by molar-refractivity contribution is 9.10. The second-order valence-corrected chi connectivity index (χ2v) is 6.39. The van der Waals surface area contributed by atoms with E-state index in [9.17, 15) is 0 Å². The van der Waals surface area contributed by atoms with Crippen LogP contribution in [0.5, 0.6) is 0 Å². The number of nitrogens with two attached hydrogens (primary N) is 1. The van der Waals surface area contributed by atoms with Crippen molar-refractivity contribution in [3.63, 3.8) is 0 Å². The van der Waals surface area contributed by atoms with E-state index in [1.165, 1.54) is 5.56 Å². The van der Waals surface area contributed by atoms with Crippen LogP contribution in [-0.2, 0) is 12.8 Å². The lowest BCUT2D eigenvalue weighted by molar-refractivity contribution is 0.522. The van der Waals surface area contributed by atoms with Gasteiger partial charge in [0.1, 0.15) is 0 Å². The topological polar surface area (TPSA) is 38.0 Å². The van der Waals surface area contributed by atoms with Gasteiger partial charge >= 0.3 is 0 Å². The number of halogens is 3. The van der Waals surface area contributed by atoms with Crippen molar-refractivity contribution in [2.24, 2.45) is 5.84 Å². The summed E-state index contributed by atoms with van der Waals surface area (Å²) in [6, 6.07) is 13.8. The van der Waals surface area contributed by atoms with Crippen molar-refractivity contribution in [3.05, 3.63) is 68.1 Å². The van der Waals surface area contributed by atoms with Gasteiger partial charge < -0.3 is 0 Å². The fraction of sp³-hybridized carbons (Fsp3) is 0.200. The maximum absolute atomic E-state index is 6.19. The lowest BCUT2D eigenvalue weighted by atomic mass is 9.99. The Morgan fingerprint density at radius 2 is 1.75 bits per heavy atom. The zero-order valence-corrected chi connectivity index (χ0v) is 13.8. The van der Waals surface area contributed by atoms with Crippen LogP contribution in [0.15, 0.2) is 46.9 Å². The van der Waals surface area contributed by atoms with E-state index in [2.05, 4.69) is 33.5 Å². The molecule has 0 aromatic heterocycles. The molecule has 2 rings (SSSR count). The summed E-state index contributed by atoms with van der Waals surface area (Å²) in [4.78, 5) is 0. The smallest absolute Gasteiger partial charge is 0.0439 e. The number of hydrogen-bond acceptors (Lipinski definition) is 2. The Kier molecular flexibility index (Phi) is 5.87. The summed E-state index contributed by atoms with van der Waals surface area (Å²) in [6.45, 7) is 0. The molecule has 0 bridgehead atoms. The van der Waals surface area contributed by atoms with Crippen LogP contribution < -0.4 is 11.3 Å². The quantitative estimate of drug-likeness (QED) is 0.603. The van der Waals surface area contributed by atoms with Crippen molar-refractivity contribution < 1.29 is 0 Å². The van der Waals surface area contributed by atoms with E-state index in [0.29, 0.717) is 10.0 Å². The first-order valence-corrected chi connectivity index (χ1v) is 7.78. The highest BCUT2D eigenvalue weighted by atomic mass is 79.9. The van der Waals surface area contributed by atoms with Crippen LogP contribution in [0.2, 0.25) is 10.0 Å². The highest BCUT2D eigenvalue weighted by Gasteiger charge is 2.11. The van der Waals surface area contributed by atoms with Crippen molar-refractivity contribution in [1.82, 2.24) is 5.43 Å². The highest BCUT2D eigenvalue weighted by Crippen LogP contribution is 2.22. The molecule has 2 nitrogen and oxygen atoms in total. The molecule has 0 spiro atoms. The van der Waals surface area contributed by atoms with Crippen LogP contribution in [0.1, 0.15) is 11.1 Å². The molecule has 2 aromatic rings. The average molecular weight is 374 g/mol. The fourth-order valence-electron chi connectivity index (χ4n) is 2.06. The van der Waals surface area contributed by atoms with Crippen LogP contribution in [0.3, 0.4) is 0 Å². The molecule has 0 aliphatic heterocycles. The van der Waals surface area contributed by atoms with E-state index < -0.39 is 0 Å². The van der Waals surface area contributed by atoms with Crippen molar-refractivity contribution in [3.8, 4) is 0 Å². The largest absolute Gasteiger partial charge is 0.271 e. The molecule has 0 radical (unpaired) electrons. The molecule has 2 aromatic carbocycles. The Hall–Kier alpha value is -0.580. The molecule has 0 heterocycles. The molecule has 20 heavy (non-hydrogen) atoms. The van der Waals surface area contributed by atoms with E-state index in [1.807, 2.05) is 24.3 Å². The maximum atomic E-state index is 6.19. The SMILES string of the molecule is NNC(Cc1ccc(Br)cc1)Cc1cc(Cl)ccc1Cl. The second kappa shape index (κ2) is 7.43. The van der Waals surface area contributed by atoms with E-state index in [4.69, 9.17) is 29.0 Å². The molecule has 5 heteroatoms. The average Bonchev–Trinajstić information content (AvgIpc) is 2.44. The zero-order chi connectivity index (χ0) is 14.5. The van der Waals surface area contributed by atoms with Gasteiger partial charge in [0.15, 0.2) is 0 Å². The Balaban J connectivity index is 2.08. The Morgan fingerprint density at radius 1 is 1.05 bits per heavy atom. The summed E-state index contributed by atoms with van der Waals surface area (Å²) in [6.07, 6.45) is 1.55.